The van der Waals surface area contributed by atoms with E-state index in [1.807, 2.05) is 18.2 Å². The highest BCUT2D eigenvalue weighted by molar-refractivity contribution is 6.05. The van der Waals surface area contributed by atoms with E-state index in [4.69, 9.17) is 5.73 Å². The minimum absolute atomic E-state index is 0.0761. The summed E-state index contributed by atoms with van der Waals surface area (Å²) in [5.74, 6) is -0.160. The highest BCUT2D eigenvalue weighted by Gasteiger charge is 2.39. The van der Waals surface area contributed by atoms with E-state index in [0.717, 1.165) is 11.1 Å². The molecular formula is C23H32N4O3. The van der Waals surface area contributed by atoms with Gasteiger partial charge in [-0.25, -0.2) is 0 Å². The Balaban J connectivity index is 1.43. The molecule has 7 nitrogen and oxygen atoms in total. The largest absolute Gasteiger partial charge is 0.327 e. The molecule has 1 aromatic rings. The predicted molar refractivity (Wildman–Crippen MR) is 113 cm³/mol. The molecule has 2 fully saturated rings. The zero-order valence-corrected chi connectivity index (χ0v) is 17.7. The van der Waals surface area contributed by atoms with Crippen LogP contribution < -0.4 is 16.4 Å². The molecular weight excluding hydrogens is 380 g/mol. The van der Waals surface area contributed by atoms with E-state index >= 15 is 0 Å². The summed E-state index contributed by atoms with van der Waals surface area (Å²) in [6.45, 7) is 3.15. The third-order valence-electron chi connectivity index (χ3n) is 6.86. The lowest BCUT2D eigenvalue weighted by atomic mass is 9.81. The maximum Gasteiger partial charge on any atom is 0.255 e. The molecule has 3 aliphatic rings. The van der Waals surface area contributed by atoms with Crippen molar-refractivity contribution in [3.05, 3.63) is 34.9 Å². The SMILES string of the molecule is CC(N)C(NCc1ccc2c(c1)C(=O)N(C1CCC(=O)NC1=O)C2)C1CCCCC1. The number of carbonyl (C=O) groups excluding carboxylic acids is 3. The third-order valence-corrected chi connectivity index (χ3v) is 6.86. The quantitative estimate of drug-likeness (QED) is 0.619. The average Bonchev–Trinajstić information content (AvgIpc) is 3.05. The number of hydrogen-bond donors (Lipinski definition) is 3. The first-order valence-corrected chi connectivity index (χ1v) is 11.2. The van der Waals surface area contributed by atoms with E-state index in [9.17, 15) is 14.4 Å². The van der Waals surface area contributed by atoms with Crippen LogP contribution in [-0.4, -0.2) is 40.7 Å². The van der Waals surface area contributed by atoms with E-state index in [1.165, 1.54) is 32.1 Å². The molecule has 0 bridgehead atoms. The van der Waals surface area contributed by atoms with E-state index < -0.39 is 6.04 Å². The van der Waals surface area contributed by atoms with Gasteiger partial charge < -0.3 is 16.0 Å². The first kappa shape index (κ1) is 21.0. The standard InChI is InChI=1S/C23H32N4O3/c1-14(24)21(16-5-3-2-4-6-16)25-12-15-7-8-17-13-27(23(30)18(17)11-15)19-9-10-20(28)26-22(19)29/h7-8,11,14,16,19,21,25H,2-6,9-10,12-13,24H2,1H3,(H,26,28,29). The summed E-state index contributed by atoms with van der Waals surface area (Å²) >= 11 is 0. The maximum atomic E-state index is 13.0. The second kappa shape index (κ2) is 8.86. The van der Waals surface area contributed by atoms with Gasteiger partial charge >= 0.3 is 0 Å². The molecule has 1 saturated carbocycles. The van der Waals surface area contributed by atoms with Crippen molar-refractivity contribution in [1.29, 1.82) is 0 Å². The van der Waals surface area contributed by atoms with Crippen LogP contribution >= 0.6 is 0 Å². The predicted octanol–water partition coefficient (Wildman–Crippen LogP) is 1.83. The van der Waals surface area contributed by atoms with Crippen LogP contribution in [0.25, 0.3) is 0 Å². The Morgan fingerprint density at radius 1 is 1.17 bits per heavy atom. The van der Waals surface area contributed by atoms with Gasteiger partial charge in [-0.1, -0.05) is 31.4 Å². The molecule has 3 amide bonds. The number of rotatable bonds is 6. The zero-order chi connectivity index (χ0) is 21.3. The molecule has 0 radical (unpaired) electrons. The normalized spacial score (nSPS) is 24.5. The second-order valence-electron chi connectivity index (χ2n) is 9.06. The van der Waals surface area contributed by atoms with Crippen molar-refractivity contribution in [3.8, 4) is 0 Å². The van der Waals surface area contributed by atoms with E-state index in [0.29, 0.717) is 31.0 Å². The van der Waals surface area contributed by atoms with E-state index in [-0.39, 0.29) is 36.2 Å². The van der Waals surface area contributed by atoms with Crippen LogP contribution in [0.5, 0.6) is 0 Å². The molecule has 7 heteroatoms. The molecule has 4 N–H and O–H groups in total. The number of nitrogens with one attached hydrogen (secondary N) is 2. The summed E-state index contributed by atoms with van der Waals surface area (Å²) in [6, 6.07) is 5.75. The lowest BCUT2D eigenvalue weighted by Crippen LogP contribution is -2.52. The van der Waals surface area contributed by atoms with Crippen LogP contribution in [0.4, 0.5) is 0 Å². The number of nitrogens with two attached hydrogens (primary N) is 1. The smallest absolute Gasteiger partial charge is 0.255 e. The molecule has 3 atom stereocenters. The first-order valence-electron chi connectivity index (χ1n) is 11.2. The Kier molecular flexibility index (Phi) is 6.20. The average molecular weight is 413 g/mol. The highest BCUT2D eigenvalue weighted by atomic mass is 16.2. The van der Waals surface area contributed by atoms with Crippen molar-refractivity contribution in [2.24, 2.45) is 11.7 Å². The van der Waals surface area contributed by atoms with Crippen molar-refractivity contribution in [1.82, 2.24) is 15.5 Å². The first-order chi connectivity index (χ1) is 14.4. The summed E-state index contributed by atoms with van der Waals surface area (Å²) in [5, 5.41) is 5.99. The number of piperidine rings is 1. The fourth-order valence-electron chi connectivity index (χ4n) is 5.22. The molecule has 0 spiro atoms. The number of hydrogen-bond acceptors (Lipinski definition) is 5. The summed E-state index contributed by atoms with van der Waals surface area (Å²) in [5.41, 5.74) is 8.93. The van der Waals surface area contributed by atoms with Gasteiger partial charge in [0.05, 0.1) is 0 Å². The number of imide groups is 1. The summed E-state index contributed by atoms with van der Waals surface area (Å²) in [7, 11) is 0. The van der Waals surface area contributed by atoms with Crippen LogP contribution in [-0.2, 0) is 22.7 Å². The molecule has 3 unspecified atom stereocenters. The Bertz CT molecular complexity index is 832. The minimum atomic E-state index is -0.571. The van der Waals surface area contributed by atoms with E-state index in [1.54, 1.807) is 4.90 Å². The van der Waals surface area contributed by atoms with Gasteiger partial charge in [0.1, 0.15) is 6.04 Å². The van der Waals surface area contributed by atoms with Crippen LogP contribution in [0, 0.1) is 5.92 Å². The number of benzene rings is 1. The Labute approximate surface area is 177 Å². The molecule has 4 rings (SSSR count). The molecule has 1 aliphatic carbocycles. The summed E-state index contributed by atoms with van der Waals surface area (Å²) < 4.78 is 0. The Hall–Kier alpha value is -2.25. The van der Waals surface area contributed by atoms with Gasteiger partial charge in [-0.05, 0) is 49.3 Å². The summed E-state index contributed by atoms with van der Waals surface area (Å²) in [4.78, 5) is 38.2. The Morgan fingerprint density at radius 2 is 1.93 bits per heavy atom. The molecule has 30 heavy (non-hydrogen) atoms. The molecule has 162 valence electrons. The van der Waals surface area contributed by atoms with Gasteiger partial charge in [0.25, 0.3) is 5.91 Å². The zero-order valence-electron chi connectivity index (χ0n) is 17.7. The fourth-order valence-corrected chi connectivity index (χ4v) is 5.22. The van der Waals surface area contributed by atoms with Crippen LogP contribution in [0.1, 0.15) is 73.4 Å². The molecule has 1 saturated heterocycles. The van der Waals surface area contributed by atoms with Gasteiger partial charge in [-0.15, -0.1) is 0 Å². The number of fused-ring (bicyclic) bond motifs is 1. The van der Waals surface area contributed by atoms with Gasteiger partial charge in [-0.3, -0.25) is 19.7 Å². The molecule has 2 aliphatic heterocycles. The lowest BCUT2D eigenvalue weighted by Gasteiger charge is -2.33. The lowest BCUT2D eigenvalue weighted by molar-refractivity contribution is -0.136. The second-order valence-corrected chi connectivity index (χ2v) is 9.06. The van der Waals surface area contributed by atoms with Crippen LogP contribution in [0.2, 0.25) is 0 Å². The summed E-state index contributed by atoms with van der Waals surface area (Å²) in [6.07, 6.45) is 6.98. The third kappa shape index (κ3) is 4.27. The van der Waals surface area contributed by atoms with Crippen molar-refractivity contribution >= 4 is 17.7 Å². The van der Waals surface area contributed by atoms with Crippen LogP contribution in [0.15, 0.2) is 18.2 Å². The fraction of sp³-hybridized carbons (Fsp3) is 0.609. The van der Waals surface area contributed by atoms with Crippen molar-refractivity contribution in [2.45, 2.75) is 83.1 Å². The molecule has 0 aromatic heterocycles. The van der Waals surface area contributed by atoms with Gasteiger partial charge in [-0.2, -0.15) is 0 Å². The Morgan fingerprint density at radius 3 is 2.63 bits per heavy atom. The topological polar surface area (TPSA) is 105 Å². The van der Waals surface area contributed by atoms with Gasteiger partial charge in [0.15, 0.2) is 0 Å². The maximum absolute atomic E-state index is 13.0. The van der Waals surface area contributed by atoms with Gasteiger partial charge in [0, 0.05) is 37.2 Å². The van der Waals surface area contributed by atoms with Crippen molar-refractivity contribution in [2.75, 3.05) is 0 Å². The van der Waals surface area contributed by atoms with Crippen molar-refractivity contribution in [3.63, 3.8) is 0 Å². The molecule has 1 aromatic carbocycles. The molecule has 2 heterocycles. The van der Waals surface area contributed by atoms with Crippen molar-refractivity contribution < 1.29 is 14.4 Å². The van der Waals surface area contributed by atoms with Crippen LogP contribution in [0.3, 0.4) is 0 Å². The number of nitrogens with zero attached hydrogens (tertiary/aromatic N) is 1. The minimum Gasteiger partial charge on any atom is -0.327 e. The van der Waals surface area contributed by atoms with E-state index in [2.05, 4.69) is 17.6 Å². The van der Waals surface area contributed by atoms with Gasteiger partial charge in [0.2, 0.25) is 11.8 Å². The highest BCUT2D eigenvalue weighted by Crippen LogP contribution is 2.30. The monoisotopic (exact) mass is 412 g/mol. The number of amides is 3. The number of carbonyl (C=O) groups is 3.